The van der Waals surface area contributed by atoms with E-state index in [2.05, 4.69) is 20.8 Å². The summed E-state index contributed by atoms with van der Waals surface area (Å²) in [7, 11) is -3.92. The highest BCUT2D eigenvalue weighted by molar-refractivity contribution is 7.89. The van der Waals surface area contributed by atoms with Crippen molar-refractivity contribution in [3.63, 3.8) is 0 Å². The van der Waals surface area contributed by atoms with Crippen molar-refractivity contribution in [2.24, 2.45) is 16.0 Å². The van der Waals surface area contributed by atoms with Gasteiger partial charge in [0.2, 0.25) is 5.09 Å². The SMILES string of the molecule is CC1(C)CC2CC(C)(CN2C(=O)c2ccc(S(N)(=O)=O)o2)C1. The van der Waals surface area contributed by atoms with Crippen molar-refractivity contribution in [1.29, 1.82) is 0 Å². The Balaban J connectivity index is 1.86. The van der Waals surface area contributed by atoms with Crippen LogP contribution in [0.4, 0.5) is 0 Å². The molecule has 2 fully saturated rings. The summed E-state index contributed by atoms with van der Waals surface area (Å²) in [5.41, 5.74) is 0.332. The van der Waals surface area contributed by atoms with E-state index in [9.17, 15) is 13.2 Å². The molecule has 1 aromatic rings. The Morgan fingerprint density at radius 1 is 1.32 bits per heavy atom. The van der Waals surface area contributed by atoms with Crippen molar-refractivity contribution < 1.29 is 17.6 Å². The van der Waals surface area contributed by atoms with Crippen LogP contribution in [0, 0.1) is 10.8 Å². The van der Waals surface area contributed by atoms with E-state index in [0.29, 0.717) is 6.54 Å². The minimum absolute atomic E-state index is 0.0398. The van der Waals surface area contributed by atoms with Gasteiger partial charge in [0.25, 0.3) is 15.9 Å². The second-order valence-corrected chi connectivity index (χ2v) is 9.30. The largest absolute Gasteiger partial charge is 0.438 e. The zero-order valence-corrected chi connectivity index (χ0v) is 13.9. The topological polar surface area (TPSA) is 93.6 Å². The van der Waals surface area contributed by atoms with E-state index in [-0.39, 0.29) is 33.6 Å². The van der Waals surface area contributed by atoms with Crippen molar-refractivity contribution in [3.8, 4) is 0 Å². The van der Waals surface area contributed by atoms with Gasteiger partial charge < -0.3 is 9.32 Å². The normalized spacial score (nSPS) is 30.5. The average Bonchev–Trinajstić information content (AvgIpc) is 2.89. The summed E-state index contributed by atoms with van der Waals surface area (Å²) < 4.78 is 27.7. The Hall–Kier alpha value is -1.34. The summed E-state index contributed by atoms with van der Waals surface area (Å²) in [5.74, 6) is -0.209. The summed E-state index contributed by atoms with van der Waals surface area (Å²) in [6.07, 6.45) is 3.03. The molecule has 2 aliphatic rings. The van der Waals surface area contributed by atoms with Crippen LogP contribution in [0.15, 0.2) is 21.6 Å². The summed E-state index contributed by atoms with van der Waals surface area (Å²) >= 11 is 0. The number of hydrogen-bond acceptors (Lipinski definition) is 4. The first-order valence-electron chi connectivity index (χ1n) is 7.43. The highest BCUT2D eigenvalue weighted by atomic mass is 32.2. The van der Waals surface area contributed by atoms with E-state index >= 15 is 0 Å². The van der Waals surface area contributed by atoms with E-state index in [0.717, 1.165) is 19.3 Å². The third kappa shape index (κ3) is 2.67. The molecule has 22 heavy (non-hydrogen) atoms. The molecule has 1 aliphatic carbocycles. The number of fused-ring (bicyclic) bond motifs is 2. The first kappa shape index (κ1) is 15.6. The molecule has 1 amide bonds. The number of amides is 1. The van der Waals surface area contributed by atoms with E-state index in [1.165, 1.54) is 12.1 Å². The monoisotopic (exact) mass is 326 g/mol. The second kappa shape index (κ2) is 4.58. The third-order valence-corrected chi connectivity index (χ3v) is 5.53. The molecule has 2 unspecified atom stereocenters. The van der Waals surface area contributed by atoms with Crippen LogP contribution >= 0.6 is 0 Å². The van der Waals surface area contributed by atoms with Gasteiger partial charge in [0.15, 0.2) is 5.76 Å². The number of primary sulfonamides is 1. The third-order valence-electron chi connectivity index (χ3n) is 4.75. The smallest absolute Gasteiger partial charge is 0.289 e. The van der Waals surface area contributed by atoms with Gasteiger partial charge in [-0.05, 0) is 42.2 Å². The van der Waals surface area contributed by atoms with Gasteiger partial charge in [-0.3, -0.25) is 4.79 Å². The molecule has 2 atom stereocenters. The van der Waals surface area contributed by atoms with Crippen LogP contribution < -0.4 is 5.14 Å². The van der Waals surface area contributed by atoms with Gasteiger partial charge in [0.05, 0.1) is 0 Å². The number of carbonyl (C=O) groups is 1. The number of likely N-dealkylation sites (tertiary alicyclic amines) is 1. The standard InChI is InChI=1S/C15H22N2O4S/c1-14(2)6-10-7-15(3,8-14)9-17(10)13(18)11-4-5-12(21-11)22(16,19)20/h4-5,10H,6-9H2,1-3H3,(H2,16,19,20). The van der Waals surface area contributed by atoms with Crippen LogP contribution in [-0.2, 0) is 10.0 Å². The molecule has 1 saturated carbocycles. The average molecular weight is 326 g/mol. The Bertz CT molecular complexity index is 722. The van der Waals surface area contributed by atoms with Gasteiger partial charge in [-0.15, -0.1) is 0 Å². The van der Waals surface area contributed by atoms with Gasteiger partial charge in [0, 0.05) is 12.6 Å². The molecule has 6 nitrogen and oxygen atoms in total. The fraction of sp³-hybridized carbons (Fsp3) is 0.667. The first-order valence-corrected chi connectivity index (χ1v) is 8.97. The van der Waals surface area contributed by atoms with Gasteiger partial charge >= 0.3 is 0 Å². The lowest BCUT2D eigenvalue weighted by molar-refractivity contribution is 0.0671. The van der Waals surface area contributed by atoms with E-state index in [1.807, 2.05) is 4.90 Å². The van der Waals surface area contributed by atoms with Crippen molar-refractivity contribution >= 4 is 15.9 Å². The maximum Gasteiger partial charge on any atom is 0.289 e. The number of sulfonamides is 1. The molecule has 1 aromatic heterocycles. The molecule has 0 radical (unpaired) electrons. The highest BCUT2D eigenvalue weighted by Crippen LogP contribution is 2.52. The lowest BCUT2D eigenvalue weighted by atomic mass is 9.65. The van der Waals surface area contributed by atoms with Crippen molar-refractivity contribution in [2.75, 3.05) is 6.54 Å². The Kier molecular flexibility index (Phi) is 3.24. The van der Waals surface area contributed by atoms with E-state index in [1.54, 1.807) is 0 Å². The zero-order chi connectivity index (χ0) is 16.3. The molecule has 3 rings (SSSR count). The molecule has 2 N–H and O–H groups in total. The van der Waals surface area contributed by atoms with Crippen LogP contribution in [0.25, 0.3) is 0 Å². The first-order chi connectivity index (χ1) is 9.99. The van der Waals surface area contributed by atoms with E-state index in [4.69, 9.17) is 9.56 Å². The summed E-state index contributed by atoms with van der Waals surface area (Å²) in [6, 6.07) is 2.80. The molecule has 122 valence electrons. The number of rotatable bonds is 2. The molecule has 1 saturated heterocycles. The van der Waals surface area contributed by atoms with Crippen molar-refractivity contribution in [2.45, 2.75) is 51.2 Å². The lowest BCUT2D eigenvalue weighted by Gasteiger charge is -2.39. The van der Waals surface area contributed by atoms with Crippen LogP contribution in [0.3, 0.4) is 0 Å². The summed E-state index contributed by atoms with van der Waals surface area (Å²) in [4.78, 5) is 14.5. The molecule has 2 heterocycles. The van der Waals surface area contributed by atoms with Crippen LogP contribution in [-0.4, -0.2) is 31.8 Å². The Morgan fingerprint density at radius 2 is 2.00 bits per heavy atom. The number of furan rings is 1. The van der Waals surface area contributed by atoms with Gasteiger partial charge in [-0.1, -0.05) is 20.8 Å². The van der Waals surface area contributed by atoms with Gasteiger partial charge in [-0.2, -0.15) is 0 Å². The minimum atomic E-state index is -3.92. The zero-order valence-electron chi connectivity index (χ0n) is 13.1. The van der Waals surface area contributed by atoms with Gasteiger partial charge in [0.1, 0.15) is 0 Å². The molecule has 1 aliphatic heterocycles. The maximum atomic E-state index is 12.7. The summed E-state index contributed by atoms with van der Waals surface area (Å²) in [6.45, 7) is 7.37. The Labute approximate surface area is 130 Å². The quantitative estimate of drug-likeness (QED) is 0.899. The number of carbonyl (C=O) groups excluding carboxylic acids is 1. The van der Waals surface area contributed by atoms with Crippen LogP contribution in [0.1, 0.15) is 50.6 Å². The van der Waals surface area contributed by atoms with Crippen molar-refractivity contribution in [3.05, 3.63) is 17.9 Å². The van der Waals surface area contributed by atoms with Crippen LogP contribution in [0.2, 0.25) is 0 Å². The second-order valence-electron chi connectivity index (χ2n) is 7.81. The predicted octanol–water partition coefficient (Wildman–Crippen LogP) is 1.97. The lowest BCUT2D eigenvalue weighted by Crippen LogP contribution is -2.37. The van der Waals surface area contributed by atoms with Gasteiger partial charge in [-0.25, -0.2) is 13.6 Å². The molecular weight excluding hydrogens is 304 g/mol. The fourth-order valence-corrected chi connectivity index (χ4v) is 4.89. The van der Waals surface area contributed by atoms with Crippen LogP contribution in [0.5, 0.6) is 0 Å². The predicted molar refractivity (Wildman–Crippen MR) is 80.6 cm³/mol. The maximum absolute atomic E-state index is 12.7. The molecule has 2 bridgehead atoms. The highest BCUT2D eigenvalue weighted by Gasteiger charge is 2.51. The summed E-state index contributed by atoms with van der Waals surface area (Å²) in [5, 5.41) is 4.65. The molecule has 0 aromatic carbocycles. The number of nitrogens with zero attached hydrogens (tertiary/aromatic N) is 1. The van der Waals surface area contributed by atoms with Crippen molar-refractivity contribution in [1.82, 2.24) is 4.90 Å². The molecule has 7 heteroatoms. The number of hydrogen-bond donors (Lipinski definition) is 1. The van der Waals surface area contributed by atoms with E-state index < -0.39 is 10.0 Å². The number of nitrogens with two attached hydrogens (primary N) is 1. The minimum Gasteiger partial charge on any atom is -0.438 e. The fourth-order valence-electron chi connectivity index (χ4n) is 4.43. The molecular formula is C15H22N2O4S. The Morgan fingerprint density at radius 3 is 2.59 bits per heavy atom. The molecule has 0 spiro atoms.